The Bertz CT molecular complexity index is 1180. The van der Waals surface area contributed by atoms with Crippen molar-refractivity contribution in [3.8, 4) is 11.5 Å². The van der Waals surface area contributed by atoms with E-state index >= 15 is 0 Å². The fraction of sp³-hybridized carbons (Fsp3) is 0.208. The molecule has 0 bridgehead atoms. The molecule has 0 heterocycles. The van der Waals surface area contributed by atoms with E-state index in [0.717, 1.165) is 11.8 Å². The van der Waals surface area contributed by atoms with Crippen LogP contribution in [-0.4, -0.2) is 27.1 Å². The summed E-state index contributed by atoms with van der Waals surface area (Å²) in [6, 6.07) is 21.5. The molecule has 6 nitrogen and oxygen atoms in total. The number of aryl methyl sites for hydroxylation is 1. The van der Waals surface area contributed by atoms with Gasteiger partial charge in [0, 0.05) is 18.0 Å². The first-order chi connectivity index (χ1) is 15.2. The summed E-state index contributed by atoms with van der Waals surface area (Å²) in [5.74, 6) is 0.835. The maximum atomic E-state index is 12.6. The van der Waals surface area contributed by atoms with Crippen molar-refractivity contribution in [1.82, 2.24) is 0 Å². The molecule has 0 aromatic heterocycles. The summed E-state index contributed by atoms with van der Waals surface area (Å²) in [5, 5.41) is 3.28. The van der Waals surface area contributed by atoms with Crippen molar-refractivity contribution in [2.75, 3.05) is 22.4 Å². The minimum atomic E-state index is -3.47. The predicted molar refractivity (Wildman–Crippen MR) is 129 cm³/mol. The molecule has 32 heavy (non-hydrogen) atoms. The molecule has 0 spiro atoms. The maximum absolute atomic E-state index is 12.6. The molecule has 1 N–H and O–H groups in total. The van der Waals surface area contributed by atoms with Crippen LogP contribution in [0.5, 0.6) is 11.5 Å². The van der Waals surface area contributed by atoms with Crippen LogP contribution in [0.3, 0.4) is 0 Å². The van der Waals surface area contributed by atoms with Gasteiger partial charge in [0.2, 0.25) is 15.9 Å². The van der Waals surface area contributed by atoms with Gasteiger partial charge in [0.05, 0.1) is 17.6 Å². The Morgan fingerprint density at radius 2 is 1.78 bits per heavy atom. The van der Waals surface area contributed by atoms with E-state index in [4.69, 9.17) is 16.3 Å². The maximum Gasteiger partial charge on any atom is 0.232 e. The second kappa shape index (κ2) is 10.5. The number of carbonyl (C=O) groups is 1. The number of benzene rings is 3. The fourth-order valence-electron chi connectivity index (χ4n) is 3.17. The van der Waals surface area contributed by atoms with Crippen LogP contribution in [0.1, 0.15) is 18.4 Å². The van der Waals surface area contributed by atoms with Gasteiger partial charge in [-0.05, 0) is 61.4 Å². The number of ether oxygens (including phenoxy) is 1. The molecule has 0 saturated carbocycles. The largest absolute Gasteiger partial charge is 0.455 e. The number of hydrogen-bond donors (Lipinski definition) is 1. The summed E-state index contributed by atoms with van der Waals surface area (Å²) in [4.78, 5) is 12.6. The van der Waals surface area contributed by atoms with Gasteiger partial charge < -0.3 is 10.1 Å². The van der Waals surface area contributed by atoms with Crippen LogP contribution in [0.4, 0.5) is 11.4 Å². The summed E-state index contributed by atoms with van der Waals surface area (Å²) in [7, 11) is -3.47. The van der Waals surface area contributed by atoms with E-state index in [0.29, 0.717) is 34.3 Å². The standard InChI is InChI=1S/C24H25ClN2O4S/c1-18-8-6-9-20(16-18)27(32(2,29)30)15-7-12-24(28)26-22-17-19(25)13-14-23(22)31-21-10-4-3-5-11-21/h3-6,8-11,13-14,16-17H,7,12,15H2,1-2H3,(H,26,28). The smallest absolute Gasteiger partial charge is 0.232 e. The van der Waals surface area contributed by atoms with Gasteiger partial charge in [0.15, 0.2) is 5.75 Å². The summed E-state index contributed by atoms with van der Waals surface area (Å²) < 4.78 is 31.7. The second-order valence-electron chi connectivity index (χ2n) is 7.38. The summed E-state index contributed by atoms with van der Waals surface area (Å²) in [6.45, 7) is 2.09. The Balaban J connectivity index is 1.65. The molecular weight excluding hydrogens is 448 g/mol. The first-order valence-electron chi connectivity index (χ1n) is 10.1. The van der Waals surface area contributed by atoms with E-state index in [1.54, 1.807) is 30.3 Å². The Kier molecular flexibility index (Phi) is 7.77. The first-order valence-corrected chi connectivity index (χ1v) is 12.3. The van der Waals surface area contributed by atoms with E-state index in [-0.39, 0.29) is 18.9 Å². The van der Waals surface area contributed by atoms with Gasteiger partial charge in [0.1, 0.15) is 5.75 Å². The lowest BCUT2D eigenvalue weighted by Gasteiger charge is -2.22. The van der Waals surface area contributed by atoms with Crippen molar-refractivity contribution in [3.63, 3.8) is 0 Å². The third-order valence-corrected chi connectivity index (χ3v) is 6.07. The van der Waals surface area contributed by atoms with E-state index in [2.05, 4.69) is 5.32 Å². The Morgan fingerprint density at radius 3 is 2.47 bits per heavy atom. The topological polar surface area (TPSA) is 75.7 Å². The molecular formula is C24H25ClN2O4S. The van der Waals surface area contributed by atoms with Crippen LogP contribution in [0.15, 0.2) is 72.8 Å². The predicted octanol–water partition coefficient (Wildman–Crippen LogP) is 5.63. The zero-order valence-electron chi connectivity index (χ0n) is 17.9. The molecule has 1 amide bonds. The number of halogens is 1. The SMILES string of the molecule is Cc1cccc(N(CCCC(=O)Nc2cc(Cl)ccc2Oc2ccccc2)S(C)(=O)=O)c1. The lowest BCUT2D eigenvalue weighted by molar-refractivity contribution is -0.116. The average molecular weight is 473 g/mol. The van der Waals surface area contributed by atoms with Crippen LogP contribution < -0.4 is 14.4 Å². The molecule has 8 heteroatoms. The highest BCUT2D eigenvalue weighted by molar-refractivity contribution is 7.92. The number of nitrogens with zero attached hydrogens (tertiary/aromatic N) is 1. The van der Waals surface area contributed by atoms with Gasteiger partial charge in [-0.1, -0.05) is 41.9 Å². The lowest BCUT2D eigenvalue weighted by Crippen LogP contribution is -2.31. The number of rotatable bonds is 9. The second-order valence-corrected chi connectivity index (χ2v) is 9.72. The third-order valence-electron chi connectivity index (χ3n) is 4.64. The van der Waals surface area contributed by atoms with Crippen LogP contribution in [0.2, 0.25) is 5.02 Å². The molecule has 0 saturated heterocycles. The van der Waals surface area contributed by atoms with E-state index in [9.17, 15) is 13.2 Å². The van der Waals surface area contributed by atoms with Gasteiger partial charge in [-0.3, -0.25) is 9.10 Å². The van der Waals surface area contributed by atoms with Crippen molar-refractivity contribution in [3.05, 3.63) is 83.4 Å². The van der Waals surface area contributed by atoms with Crippen LogP contribution in [0, 0.1) is 6.92 Å². The van der Waals surface area contributed by atoms with Crippen molar-refractivity contribution < 1.29 is 17.9 Å². The molecule has 0 fully saturated rings. The highest BCUT2D eigenvalue weighted by Gasteiger charge is 2.18. The molecule has 0 radical (unpaired) electrons. The third kappa shape index (κ3) is 6.73. The van der Waals surface area contributed by atoms with Gasteiger partial charge in [-0.15, -0.1) is 0 Å². The van der Waals surface area contributed by atoms with Crippen LogP contribution >= 0.6 is 11.6 Å². The molecule has 3 aromatic rings. The Labute approximate surface area is 193 Å². The van der Waals surface area contributed by atoms with Crippen molar-refractivity contribution in [2.45, 2.75) is 19.8 Å². The van der Waals surface area contributed by atoms with E-state index < -0.39 is 10.0 Å². The number of sulfonamides is 1. The average Bonchev–Trinajstić information content (AvgIpc) is 2.73. The highest BCUT2D eigenvalue weighted by Crippen LogP contribution is 2.32. The monoisotopic (exact) mass is 472 g/mol. The van der Waals surface area contributed by atoms with Gasteiger partial charge >= 0.3 is 0 Å². The molecule has 168 valence electrons. The first kappa shape index (κ1) is 23.6. The molecule has 0 unspecified atom stereocenters. The summed E-state index contributed by atoms with van der Waals surface area (Å²) >= 11 is 6.10. The van der Waals surface area contributed by atoms with Crippen LogP contribution in [-0.2, 0) is 14.8 Å². The Hall–Kier alpha value is -3.03. The number of carbonyl (C=O) groups excluding carboxylic acids is 1. The number of para-hydroxylation sites is 1. The molecule has 0 aliphatic heterocycles. The Morgan fingerprint density at radius 1 is 1.03 bits per heavy atom. The number of hydrogen-bond acceptors (Lipinski definition) is 4. The summed E-state index contributed by atoms with van der Waals surface area (Å²) in [5.41, 5.74) is 1.99. The minimum absolute atomic E-state index is 0.134. The number of nitrogens with one attached hydrogen (secondary N) is 1. The normalized spacial score (nSPS) is 11.1. The highest BCUT2D eigenvalue weighted by atomic mass is 35.5. The van der Waals surface area contributed by atoms with Crippen molar-refractivity contribution >= 4 is 38.9 Å². The molecule has 0 aliphatic rings. The zero-order chi connectivity index (χ0) is 23.1. The minimum Gasteiger partial charge on any atom is -0.455 e. The van der Waals surface area contributed by atoms with Crippen molar-refractivity contribution in [2.24, 2.45) is 0 Å². The van der Waals surface area contributed by atoms with Gasteiger partial charge in [0.25, 0.3) is 0 Å². The molecule has 3 aromatic carbocycles. The molecule has 0 aliphatic carbocycles. The molecule has 3 rings (SSSR count). The summed E-state index contributed by atoms with van der Waals surface area (Å²) in [6.07, 6.45) is 1.64. The fourth-order valence-corrected chi connectivity index (χ4v) is 4.30. The van der Waals surface area contributed by atoms with Crippen molar-refractivity contribution in [1.29, 1.82) is 0 Å². The van der Waals surface area contributed by atoms with E-state index in [1.807, 2.05) is 49.4 Å². The van der Waals surface area contributed by atoms with Gasteiger partial charge in [-0.25, -0.2) is 8.42 Å². The number of amides is 1. The quantitative estimate of drug-likeness (QED) is 0.438. The lowest BCUT2D eigenvalue weighted by atomic mass is 10.2. The van der Waals surface area contributed by atoms with Crippen LogP contribution in [0.25, 0.3) is 0 Å². The molecule has 0 atom stereocenters. The zero-order valence-corrected chi connectivity index (χ0v) is 19.5. The number of anilines is 2. The van der Waals surface area contributed by atoms with E-state index in [1.165, 1.54) is 4.31 Å². The van der Waals surface area contributed by atoms with Gasteiger partial charge in [-0.2, -0.15) is 0 Å².